The van der Waals surface area contributed by atoms with Crippen molar-refractivity contribution in [3.8, 4) is 0 Å². The summed E-state index contributed by atoms with van der Waals surface area (Å²) >= 11 is 0. The molecule has 1 heterocycles. The molecule has 1 aromatic carbocycles. The maximum absolute atomic E-state index is 13.6. The number of rotatable bonds is 4. The molecule has 1 aliphatic rings. The third-order valence-corrected chi connectivity index (χ3v) is 4.12. The highest BCUT2D eigenvalue weighted by Crippen LogP contribution is 2.23. The Morgan fingerprint density at radius 1 is 1.43 bits per heavy atom. The summed E-state index contributed by atoms with van der Waals surface area (Å²) in [5.74, 6) is -1.06. The highest BCUT2D eigenvalue weighted by molar-refractivity contribution is 5.79. The number of amides is 2. The fourth-order valence-electron chi connectivity index (χ4n) is 2.59. The zero-order chi connectivity index (χ0) is 17.0. The molecule has 0 aliphatic carbocycles. The van der Waals surface area contributed by atoms with Crippen LogP contribution in [0.25, 0.3) is 0 Å². The van der Waals surface area contributed by atoms with E-state index in [0.717, 1.165) is 0 Å². The number of piperidine rings is 1. The van der Waals surface area contributed by atoms with Crippen LogP contribution < -0.4 is 5.32 Å². The quantitative estimate of drug-likeness (QED) is 0.717. The zero-order valence-electron chi connectivity index (χ0n) is 13.0. The van der Waals surface area contributed by atoms with E-state index in [0.29, 0.717) is 5.56 Å². The molecule has 6 nitrogen and oxygen atoms in total. The van der Waals surface area contributed by atoms with Crippen molar-refractivity contribution in [3.05, 3.63) is 35.6 Å². The van der Waals surface area contributed by atoms with Crippen molar-refractivity contribution in [2.75, 3.05) is 19.6 Å². The number of carbonyl (C=O) groups is 2. The number of β-amino-alcohol motifs (C(OH)–C–C–N with tert-alkyl or cyclic N) is 1. The van der Waals surface area contributed by atoms with Gasteiger partial charge in [-0.1, -0.05) is 18.2 Å². The van der Waals surface area contributed by atoms with Crippen LogP contribution in [-0.4, -0.2) is 58.3 Å². The van der Waals surface area contributed by atoms with Crippen LogP contribution in [0.5, 0.6) is 0 Å². The molecule has 0 radical (unpaired) electrons. The van der Waals surface area contributed by atoms with Gasteiger partial charge >= 0.3 is 0 Å². The fraction of sp³-hybridized carbons (Fsp3) is 0.500. The first-order valence-corrected chi connectivity index (χ1v) is 7.48. The molecule has 1 aromatic rings. The molecule has 0 spiro atoms. The lowest BCUT2D eigenvalue weighted by molar-refractivity contribution is -0.149. The number of hydrogen-bond acceptors (Lipinski definition) is 4. The molecular weight excluding hydrogens is 303 g/mol. The van der Waals surface area contributed by atoms with E-state index in [-0.39, 0.29) is 44.3 Å². The Hall–Kier alpha value is -1.99. The molecule has 126 valence electrons. The zero-order valence-corrected chi connectivity index (χ0v) is 13.0. The van der Waals surface area contributed by atoms with Gasteiger partial charge in [0, 0.05) is 26.6 Å². The predicted octanol–water partition coefficient (Wildman–Crippen LogP) is -0.171. The van der Waals surface area contributed by atoms with Crippen LogP contribution in [0, 0.1) is 5.82 Å². The van der Waals surface area contributed by atoms with Gasteiger partial charge < -0.3 is 20.4 Å². The molecule has 2 atom stereocenters. The van der Waals surface area contributed by atoms with Crippen molar-refractivity contribution < 1.29 is 24.2 Å². The molecule has 1 aliphatic heterocycles. The van der Waals surface area contributed by atoms with Crippen LogP contribution in [0.15, 0.2) is 24.3 Å². The molecule has 2 rings (SSSR count). The van der Waals surface area contributed by atoms with E-state index in [2.05, 4.69) is 5.32 Å². The molecule has 0 saturated carbocycles. The van der Waals surface area contributed by atoms with Crippen molar-refractivity contribution in [1.82, 2.24) is 10.2 Å². The number of halogens is 1. The maximum atomic E-state index is 13.6. The third kappa shape index (κ3) is 4.27. The van der Waals surface area contributed by atoms with E-state index in [9.17, 15) is 24.2 Å². The highest BCUT2D eigenvalue weighted by atomic mass is 19.1. The summed E-state index contributed by atoms with van der Waals surface area (Å²) in [4.78, 5) is 24.6. The number of nitrogens with one attached hydrogen (secondary N) is 1. The lowest BCUT2D eigenvalue weighted by atomic mass is 9.88. The van der Waals surface area contributed by atoms with Gasteiger partial charge in [0.05, 0.1) is 6.42 Å². The highest BCUT2D eigenvalue weighted by Gasteiger charge is 2.41. The Morgan fingerprint density at radius 3 is 2.74 bits per heavy atom. The second kappa shape index (κ2) is 7.06. The van der Waals surface area contributed by atoms with Crippen LogP contribution in [-0.2, 0) is 16.0 Å². The van der Waals surface area contributed by atoms with Gasteiger partial charge in [-0.3, -0.25) is 9.59 Å². The first-order chi connectivity index (χ1) is 10.8. The molecule has 23 heavy (non-hydrogen) atoms. The van der Waals surface area contributed by atoms with Crippen LogP contribution >= 0.6 is 0 Å². The molecule has 1 fully saturated rings. The standard InChI is InChI=1S/C16H21FN2O4/c1-11(20)18-10-16(23)6-7-19(9-14(16)21)15(22)8-12-4-2-3-5-13(12)17/h2-5,14,21,23H,6-10H2,1H3,(H,18,20)/t14-,16-/m1/s1. The number of aliphatic hydroxyl groups is 2. The predicted molar refractivity (Wildman–Crippen MR) is 80.9 cm³/mol. The molecule has 0 unspecified atom stereocenters. The van der Waals surface area contributed by atoms with Crippen molar-refractivity contribution in [1.29, 1.82) is 0 Å². The van der Waals surface area contributed by atoms with Gasteiger partial charge in [-0.2, -0.15) is 0 Å². The normalized spacial score (nSPS) is 24.3. The summed E-state index contributed by atoms with van der Waals surface area (Å²) in [6, 6.07) is 6.04. The van der Waals surface area contributed by atoms with Gasteiger partial charge in [0.1, 0.15) is 17.5 Å². The average Bonchev–Trinajstić information content (AvgIpc) is 2.50. The van der Waals surface area contributed by atoms with Gasteiger partial charge in [-0.15, -0.1) is 0 Å². The van der Waals surface area contributed by atoms with Crippen LogP contribution in [0.2, 0.25) is 0 Å². The molecule has 2 amide bonds. The Labute approximate surface area is 133 Å². The van der Waals surface area contributed by atoms with Crippen molar-refractivity contribution >= 4 is 11.8 Å². The van der Waals surface area contributed by atoms with Gasteiger partial charge in [-0.25, -0.2) is 4.39 Å². The van der Waals surface area contributed by atoms with Crippen LogP contribution in [0.1, 0.15) is 18.9 Å². The number of aliphatic hydroxyl groups excluding tert-OH is 1. The number of carbonyl (C=O) groups excluding carboxylic acids is 2. The summed E-state index contributed by atoms with van der Waals surface area (Å²) in [6.07, 6.45) is -1.13. The molecular formula is C16H21FN2O4. The van der Waals surface area contributed by atoms with Gasteiger partial charge in [-0.05, 0) is 18.1 Å². The minimum atomic E-state index is -1.46. The molecule has 3 N–H and O–H groups in total. The van der Waals surface area contributed by atoms with Gasteiger partial charge in [0.2, 0.25) is 11.8 Å². The second-order valence-corrected chi connectivity index (χ2v) is 5.89. The second-order valence-electron chi connectivity index (χ2n) is 5.89. The first kappa shape index (κ1) is 17.4. The lowest BCUT2D eigenvalue weighted by Gasteiger charge is -2.42. The summed E-state index contributed by atoms with van der Waals surface area (Å²) in [5.41, 5.74) is -1.16. The van der Waals surface area contributed by atoms with E-state index in [1.807, 2.05) is 0 Å². The van der Waals surface area contributed by atoms with Crippen LogP contribution in [0.3, 0.4) is 0 Å². The SMILES string of the molecule is CC(=O)NC[C@]1(O)CCN(C(=O)Cc2ccccc2F)C[C@H]1O. The van der Waals surface area contributed by atoms with E-state index < -0.39 is 17.5 Å². The molecule has 7 heteroatoms. The monoisotopic (exact) mass is 324 g/mol. The Balaban J connectivity index is 1.95. The number of benzene rings is 1. The Kier molecular flexibility index (Phi) is 5.33. The van der Waals surface area contributed by atoms with Crippen molar-refractivity contribution in [2.45, 2.75) is 31.5 Å². The summed E-state index contributed by atoms with van der Waals surface area (Å²) in [5, 5.41) is 22.9. The molecule has 0 bridgehead atoms. The first-order valence-electron chi connectivity index (χ1n) is 7.48. The maximum Gasteiger partial charge on any atom is 0.227 e. The van der Waals surface area contributed by atoms with E-state index in [1.165, 1.54) is 17.9 Å². The third-order valence-electron chi connectivity index (χ3n) is 4.12. The topological polar surface area (TPSA) is 89.9 Å². The van der Waals surface area contributed by atoms with Gasteiger partial charge in [0.25, 0.3) is 0 Å². The molecule has 0 aromatic heterocycles. The van der Waals surface area contributed by atoms with Crippen LogP contribution in [0.4, 0.5) is 4.39 Å². The van der Waals surface area contributed by atoms with Gasteiger partial charge in [0.15, 0.2) is 0 Å². The number of likely N-dealkylation sites (tertiary alicyclic amines) is 1. The number of nitrogens with zero attached hydrogens (tertiary/aromatic N) is 1. The smallest absolute Gasteiger partial charge is 0.227 e. The Morgan fingerprint density at radius 2 is 2.13 bits per heavy atom. The minimum Gasteiger partial charge on any atom is -0.388 e. The van der Waals surface area contributed by atoms with E-state index >= 15 is 0 Å². The summed E-state index contributed by atoms with van der Waals surface area (Å²) < 4.78 is 13.6. The van der Waals surface area contributed by atoms with Crippen molar-refractivity contribution in [3.63, 3.8) is 0 Å². The lowest BCUT2D eigenvalue weighted by Crippen LogP contribution is -2.61. The minimum absolute atomic E-state index is 0.0522. The largest absolute Gasteiger partial charge is 0.388 e. The average molecular weight is 324 g/mol. The summed E-state index contributed by atoms with van der Waals surface area (Å²) in [7, 11) is 0. The fourth-order valence-corrected chi connectivity index (χ4v) is 2.59. The van der Waals surface area contributed by atoms with E-state index in [4.69, 9.17) is 0 Å². The van der Waals surface area contributed by atoms with Crippen molar-refractivity contribution in [2.24, 2.45) is 0 Å². The summed E-state index contributed by atoms with van der Waals surface area (Å²) in [6.45, 7) is 1.44. The molecule has 1 saturated heterocycles. The Bertz CT molecular complexity index is 595. The number of hydrogen-bond donors (Lipinski definition) is 3. The van der Waals surface area contributed by atoms with E-state index in [1.54, 1.807) is 18.2 Å².